The molecule has 1 amide bonds. The van der Waals surface area contributed by atoms with Crippen molar-refractivity contribution < 1.29 is 4.79 Å². The minimum Gasteiger partial charge on any atom is -0.355 e. The van der Waals surface area contributed by atoms with E-state index in [1.54, 1.807) is 7.05 Å². The minimum absolute atomic E-state index is 0.00866. The number of amides is 1. The van der Waals surface area contributed by atoms with Crippen molar-refractivity contribution in [2.45, 2.75) is 27.2 Å². The lowest BCUT2D eigenvalue weighted by Crippen LogP contribution is -2.20. The van der Waals surface area contributed by atoms with E-state index in [0.717, 1.165) is 12.0 Å². The Morgan fingerprint density at radius 2 is 2.07 bits per heavy atom. The predicted octanol–water partition coefficient (Wildman–Crippen LogP) is 2.55. The van der Waals surface area contributed by atoms with Gasteiger partial charge in [-0.15, -0.1) is 0 Å². The molecule has 0 fully saturated rings. The van der Waals surface area contributed by atoms with Crippen molar-refractivity contribution in [3.05, 3.63) is 34.9 Å². The number of benzene rings is 1. The zero-order valence-corrected chi connectivity index (χ0v) is 9.92. The van der Waals surface area contributed by atoms with Gasteiger partial charge in [0, 0.05) is 12.6 Å². The van der Waals surface area contributed by atoms with Crippen LogP contribution in [0.4, 0.5) is 0 Å². The van der Waals surface area contributed by atoms with Crippen LogP contribution in [0.15, 0.2) is 18.2 Å². The molecule has 0 aromatic heterocycles. The van der Waals surface area contributed by atoms with Gasteiger partial charge < -0.3 is 5.32 Å². The molecule has 0 saturated heterocycles. The van der Waals surface area contributed by atoms with E-state index in [9.17, 15) is 4.79 Å². The molecule has 0 unspecified atom stereocenters. The van der Waals surface area contributed by atoms with Gasteiger partial charge in [-0.05, 0) is 36.5 Å². The highest BCUT2D eigenvalue weighted by atomic mass is 16.1. The molecule has 1 aromatic rings. The molecule has 15 heavy (non-hydrogen) atoms. The van der Waals surface area contributed by atoms with E-state index < -0.39 is 0 Å². The van der Waals surface area contributed by atoms with Gasteiger partial charge in [0.2, 0.25) is 0 Å². The number of nitrogens with one attached hydrogen (secondary N) is 1. The van der Waals surface area contributed by atoms with E-state index >= 15 is 0 Å². The fraction of sp³-hybridized carbons (Fsp3) is 0.462. The van der Waals surface area contributed by atoms with Crippen LogP contribution in [0.5, 0.6) is 0 Å². The molecule has 0 aliphatic rings. The topological polar surface area (TPSA) is 29.1 Å². The molecule has 1 aromatic carbocycles. The van der Waals surface area contributed by atoms with E-state index in [1.807, 2.05) is 12.1 Å². The molecule has 0 saturated carbocycles. The van der Waals surface area contributed by atoms with Gasteiger partial charge in [0.1, 0.15) is 0 Å². The number of aryl methyl sites for hydroxylation is 1. The number of rotatable bonds is 3. The Balaban J connectivity index is 3.14. The van der Waals surface area contributed by atoms with Crippen LogP contribution in [0.25, 0.3) is 0 Å². The quantitative estimate of drug-likeness (QED) is 0.807. The van der Waals surface area contributed by atoms with Crippen molar-refractivity contribution in [1.82, 2.24) is 5.32 Å². The molecule has 0 spiro atoms. The zero-order valence-electron chi connectivity index (χ0n) is 9.92. The Morgan fingerprint density at radius 1 is 1.40 bits per heavy atom. The van der Waals surface area contributed by atoms with Gasteiger partial charge in [0.05, 0.1) is 0 Å². The molecule has 1 rings (SSSR count). The molecule has 1 N–H and O–H groups in total. The number of carbonyl (C=O) groups is 1. The summed E-state index contributed by atoms with van der Waals surface area (Å²) in [5.74, 6) is 0.573. The molecule has 2 nitrogen and oxygen atoms in total. The summed E-state index contributed by atoms with van der Waals surface area (Å²) >= 11 is 0. The normalized spacial score (nSPS) is 10.5. The Hall–Kier alpha value is -1.31. The van der Waals surface area contributed by atoms with Crippen molar-refractivity contribution in [3.8, 4) is 0 Å². The van der Waals surface area contributed by atoms with Gasteiger partial charge >= 0.3 is 0 Å². The average Bonchev–Trinajstić information content (AvgIpc) is 2.19. The van der Waals surface area contributed by atoms with E-state index in [2.05, 4.69) is 32.2 Å². The number of carbonyl (C=O) groups excluding carboxylic acids is 1. The molecule has 82 valence electrons. The Labute approximate surface area is 91.7 Å². The highest BCUT2D eigenvalue weighted by Gasteiger charge is 2.12. The number of hydrogen-bond donors (Lipinski definition) is 1. The van der Waals surface area contributed by atoms with Crippen LogP contribution in [0, 0.1) is 12.8 Å². The fourth-order valence-electron chi connectivity index (χ4n) is 1.73. The van der Waals surface area contributed by atoms with Gasteiger partial charge in [-0.3, -0.25) is 4.79 Å². The molecule has 0 heterocycles. The van der Waals surface area contributed by atoms with Crippen molar-refractivity contribution in [1.29, 1.82) is 0 Å². The van der Waals surface area contributed by atoms with Crippen LogP contribution < -0.4 is 5.32 Å². The second kappa shape index (κ2) is 4.96. The molecule has 0 bridgehead atoms. The summed E-state index contributed by atoms with van der Waals surface area (Å²) in [6.45, 7) is 6.39. The maximum atomic E-state index is 11.7. The molecule has 0 aliphatic heterocycles. The van der Waals surface area contributed by atoms with Gasteiger partial charge in [-0.25, -0.2) is 0 Å². The minimum atomic E-state index is 0.00866. The second-order valence-electron chi connectivity index (χ2n) is 4.28. The molecule has 0 radical (unpaired) electrons. The Bertz CT molecular complexity index is 356. The largest absolute Gasteiger partial charge is 0.355 e. The van der Waals surface area contributed by atoms with Crippen molar-refractivity contribution in [2.75, 3.05) is 7.05 Å². The summed E-state index contributed by atoms with van der Waals surface area (Å²) in [5.41, 5.74) is 3.18. The van der Waals surface area contributed by atoms with Crippen LogP contribution in [0.2, 0.25) is 0 Å². The molecule has 0 aliphatic carbocycles. The Morgan fingerprint density at radius 3 is 2.60 bits per heavy atom. The highest BCUT2D eigenvalue weighted by molar-refractivity contribution is 5.95. The van der Waals surface area contributed by atoms with Gasteiger partial charge in [0.25, 0.3) is 5.91 Å². The van der Waals surface area contributed by atoms with Crippen LogP contribution >= 0.6 is 0 Å². The summed E-state index contributed by atoms with van der Waals surface area (Å²) in [4.78, 5) is 11.7. The molecule has 2 heteroatoms. The maximum absolute atomic E-state index is 11.7. The molecular weight excluding hydrogens is 186 g/mol. The first-order chi connectivity index (χ1) is 7.06. The summed E-state index contributed by atoms with van der Waals surface area (Å²) in [7, 11) is 1.67. The van der Waals surface area contributed by atoms with Crippen LogP contribution in [0.1, 0.15) is 35.3 Å². The van der Waals surface area contributed by atoms with Crippen molar-refractivity contribution >= 4 is 5.91 Å². The molecular formula is C13H19NO. The van der Waals surface area contributed by atoms with E-state index in [4.69, 9.17) is 0 Å². The smallest absolute Gasteiger partial charge is 0.251 e. The highest BCUT2D eigenvalue weighted by Crippen LogP contribution is 2.18. The first-order valence-corrected chi connectivity index (χ1v) is 5.36. The lowest BCUT2D eigenvalue weighted by molar-refractivity contribution is 0.0962. The van der Waals surface area contributed by atoms with E-state index in [0.29, 0.717) is 5.92 Å². The average molecular weight is 205 g/mol. The lowest BCUT2D eigenvalue weighted by Gasteiger charge is -2.13. The SMILES string of the molecule is CNC(=O)c1cccc(C)c1CC(C)C. The van der Waals surface area contributed by atoms with E-state index in [-0.39, 0.29) is 5.91 Å². The third-order valence-corrected chi connectivity index (χ3v) is 2.49. The standard InChI is InChI=1S/C13H19NO/c1-9(2)8-12-10(3)6-5-7-11(12)13(15)14-4/h5-7,9H,8H2,1-4H3,(H,14,15). The molecule has 0 atom stereocenters. The Kier molecular flexibility index (Phi) is 3.89. The summed E-state index contributed by atoms with van der Waals surface area (Å²) in [6, 6.07) is 5.89. The first-order valence-electron chi connectivity index (χ1n) is 5.36. The summed E-state index contributed by atoms with van der Waals surface area (Å²) in [5, 5.41) is 2.68. The lowest BCUT2D eigenvalue weighted by atomic mass is 9.93. The van der Waals surface area contributed by atoms with Gasteiger partial charge in [-0.1, -0.05) is 26.0 Å². The fourth-order valence-corrected chi connectivity index (χ4v) is 1.73. The summed E-state index contributed by atoms with van der Waals surface area (Å²) < 4.78 is 0. The van der Waals surface area contributed by atoms with Crippen LogP contribution in [0.3, 0.4) is 0 Å². The summed E-state index contributed by atoms with van der Waals surface area (Å²) in [6.07, 6.45) is 0.954. The maximum Gasteiger partial charge on any atom is 0.251 e. The first kappa shape index (κ1) is 11.8. The van der Waals surface area contributed by atoms with Crippen LogP contribution in [-0.4, -0.2) is 13.0 Å². The third kappa shape index (κ3) is 2.82. The van der Waals surface area contributed by atoms with Gasteiger partial charge in [-0.2, -0.15) is 0 Å². The number of hydrogen-bond acceptors (Lipinski definition) is 1. The van der Waals surface area contributed by atoms with Crippen LogP contribution in [-0.2, 0) is 6.42 Å². The van der Waals surface area contributed by atoms with Gasteiger partial charge in [0.15, 0.2) is 0 Å². The monoisotopic (exact) mass is 205 g/mol. The third-order valence-electron chi connectivity index (χ3n) is 2.49. The zero-order chi connectivity index (χ0) is 11.4. The van der Waals surface area contributed by atoms with E-state index in [1.165, 1.54) is 11.1 Å². The second-order valence-corrected chi connectivity index (χ2v) is 4.28. The van der Waals surface area contributed by atoms with Crippen molar-refractivity contribution in [2.24, 2.45) is 5.92 Å². The predicted molar refractivity (Wildman–Crippen MR) is 63.1 cm³/mol. The van der Waals surface area contributed by atoms with Crippen molar-refractivity contribution in [3.63, 3.8) is 0 Å².